The fourth-order valence-electron chi connectivity index (χ4n) is 2.97. The van der Waals surface area contributed by atoms with E-state index in [9.17, 15) is 9.59 Å². The Morgan fingerprint density at radius 2 is 2.00 bits per heavy atom. The van der Waals surface area contributed by atoms with E-state index in [4.69, 9.17) is 0 Å². The van der Waals surface area contributed by atoms with E-state index in [2.05, 4.69) is 16.9 Å². The second-order valence-corrected chi connectivity index (χ2v) is 4.14. The third kappa shape index (κ3) is 0.844. The number of hydrogen-bond acceptors (Lipinski definition) is 3. The summed E-state index contributed by atoms with van der Waals surface area (Å²) >= 11 is 0. The Labute approximate surface area is 75.8 Å². The molecule has 3 nitrogen and oxygen atoms in total. The van der Waals surface area contributed by atoms with Crippen molar-refractivity contribution in [3.8, 4) is 0 Å². The number of cyclic esters (lactones) is 2. The van der Waals surface area contributed by atoms with Crippen molar-refractivity contribution in [2.75, 3.05) is 0 Å². The highest BCUT2D eigenvalue weighted by Gasteiger charge is 2.52. The molecule has 13 heavy (non-hydrogen) atoms. The van der Waals surface area contributed by atoms with Gasteiger partial charge in [-0.05, 0) is 24.2 Å². The SMILES string of the molecule is O=C1C[C@@H]2[C@H](C(=O)O1)[C@@H]1C=C[C@H]2C1. The minimum Gasteiger partial charge on any atom is -0.393 e. The lowest BCUT2D eigenvalue weighted by molar-refractivity contribution is -0.171. The first-order valence-corrected chi connectivity index (χ1v) is 4.68. The van der Waals surface area contributed by atoms with E-state index >= 15 is 0 Å². The summed E-state index contributed by atoms with van der Waals surface area (Å²) in [6, 6.07) is 0. The van der Waals surface area contributed by atoms with Gasteiger partial charge in [0, 0.05) is 0 Å². The Kier molecular flexibility index (Phi) is 1.25. The molecule has 3 aliphatic rings. The second-order valence-electron chi connectivity index (χ2n) is 4.14. The van der Waals surface area contributed by atoms with E-state index in [-0.39, 0.29) is 23.8 Å². The van der Waals surface area contributed by atoms with Gasteiger partial charge in [-0.2, -0.15) is 0 Å². The normalized spacial score (nSPS) is 46.5. The molecule has 3 rings (SSSR count). The molecule has 0 radical (unpaired) electrons. The quantitative estimate of drug-likeness (QED) is 0.314. The van der Waals surface area contributed by atoms with Gasteiger partial charge < -0.3 is 4.74 Å². The van der Waals surface area contributed by atoms with Crippen molar-refractivity contribution in [1.29, 1.82) is 0 Å². The van der Waals surface area contributed by atoms with E-state index in [1.165, 1.54) is 0 Å². The van der Waals surface area contributed by atoms with Crippen molar-refractivity contribution < 1.29 is 14.3 Å². The first kappa shape index (κ1) is 7.30. The Hall–Kier alpha value is -1.12. The summed E-state index contributed by atoms with van der Waals surface area (Å²) in [5.74, 6) is 0.379. The van der Waals surface area contributed by atoms with Crippen LogP contribution in [0.2, 0.25) is 0 Å². The second kappa shape index (κ2) is 2.22. The monoisotopic (exact) mass is 178 g/mol. The number of rotatable bonds is 0. The molecule has 0 amide bonds. The fraction of sp³-hybridized carbons (Fsp3) is 0.600. The summed E-state index contributed by atoms with van der Waals surface area (Å²) in [4.78, 5) is 22.4. The van der Waals surface area contributed by atoms with Gasteiger partial charge in [0.1, 0.15) is 0 Å². The molecule has 2 aliphatic carbocycles. The maximum Gasteiger partial charge on any atom is 0.317 e. The molecule has 3 heteroatoms. The number of carbonyl (C=O) groups is 2. The van der Waals surface area contributed by atoms with Crippen molar-refractivity contribution in [2.24, 2.45) is 23.7 Å². The van der Waals surface area contributed by atoms with Gasteiger partial charge >= 0.3 is 11.9 Å². The van der Waals surface area contributed by atoms with Gasteiger partial charge in [-0.1, -0.05) is 12.2 Å². The van der Waals surface area contributed by atoms with Gasteiger partial charge in [0.15, 0.2) is 0 Å². The van der Waals surface area contributed by atoms with E-state index in [0.29, 0.717) is 18.3 Å². The van der Waals surface area contributed by atoms with Crippen molar-refractivity contribution in [1.82, 2.24) is 0 Å². The van der Waals surface area contributed by atoms with Crippen LogP contribution in [0.15, 0.2) is 12.2 Å². The minimum absolute atomic E-state index is 0.0206. The summed E-state index contributed by atoms with van der Waals surface area (Å²) < 4.78 is 4.64. The average Bonchev–Trinajstić information content (AvgIpc) is 2.62. The minimum atomic E-state index is -0.341. The number of esters is 2. The van der Waals surface area contributed by atoms with Crippen LogP contribution in [0.1, 0.15) is 12.8 Å². The molecular formula is C10H10O3. The van der Waals surface area contributed by atoms with Crippen LogP contribution in [-0.4, -0.2) is 11.9 Å². The van der Waals surface area contributed by atoms with Gasteiger partial charge in [-0.15, -0.1) is 0 Å². The third-order valence-corrected chi connectivity index (χ3v) is 3.51. The van der Waals surface area contributed by atoms with Crippen LogP contribution in [0.3, 0.4) is 0 Å². The maximum absolute atomic E-state index is 11.4. The molecule has 1 heterocycles. The first-order valence-electron chi connectivity index (χ1n) is 4.68. The van der Waals surface area contributed by atoms with Gasteiger partial charge in [-0.3, -0.25) is 9.59 Å². The molecule has 0 aromatic carbocycles. The summed E-state index contributed by atoms with van der Waals surface area (Å²) in [6.45, 7) is 0. The van der Waals surface area contributed by atoms with Gasteiger partial charge in [0.05, 0.1) is 12.3 Å². The van der Waals surface area contributed by atoms with Crippen LogP contribution in [0.4, 0.5) is 0 Å². The molecular weight excluding hydrogens is 168 g/mol. The molecule has 4 atom stereocenters. The van der Waals surface area contributed by atoms with Gasteiger partial charge in [0.2, 0.25) is 0 Å². The summed E-state index contributed by atoms with van der Waals surface area (Å²) in [7, 11) is 0. The standard InChI is InChI=1S/C10H10O3/c11-8-4-7-5-1-2-6(3-5)9(7)10(12)13-8/h1-2,5-7,9H,3-4H2/t5-,6+,7-,9+/m0/s1. The number of ether oxygens (including phenoxy) is 1. The Morgan fingerprint density at radius 1 is 1.23 bits per heavy atom. The highest BCUT2D eigenvalue weighted by molar-refractivity contribution is 5.90. The number of hydrogen-bond donors (Lipinski definition) is 0. The zero-order valence-corrected chi connectivity index (χ0v) is 7.10. The Bertz CT molecular complexity index is 318. The molecule has 1 saturated carbocycles. The smallest absolute Gasteiger partial charge is 0.317 e. The highest BCUT2D eigenvalue weighted by Crippen LogP contribution is 2.51. The van der Waals surface area contributed by atoms with E-state index in [1.807, 2.05) is 0 Å². The van der Waals surface area contributed by atoms with Crippen molar-refractivity contribution in [3.05, 3.63) is 12.2 Å². The van der Waals surface area contributed by atoms with Crippen LogP contribution in [0, 0.1) is 23.7 Å². The number of fused-ring (bicyclic) bond motifs is 5. The Balaban J connectivity index is 1.98. The molecule has 0 aromatic heterocycles. The van der Waals surface area contributed by atoms with E-state index in [1.54, 1.807) is 0 Å². The van der Waals surface area contributed by atoms with Crippen LogP contribution >= 0.6 is 0 Å². The predicted octanol–water partition coefficient (Wildman–Crippen LogP) is 0.898. The number of carbonyl (C=O) groups excluding carboxylic acids is 2. The lowest BCUT2D eigenvalue weighted by Gasteiger charge is -2.29. The van der Waals surface area contributed by atoms with Crippen LogP contribution in [-0.2, 0) is 14.3 Å². The first-order chi connectivity index (χ1) is 6.25. The largest absolute Gasteiger partial charge is 0.393 e. The lowest BCUT2D eigenvalue weighted by atomic mass is 9.80. The summed E-state index contributed by atoms with van der Waals surface area (Å²) in [5.41, 5.74) is 0. The third-order valence-electron chi connectivity index (χ3n) is 3.51. The highest BCUT2D eigenvalue weighted by atomic mass is 16.6. The Morgan fingerprint density at radius 3 is 2.85 bits per heavy atom. The van der Waals surface area contributed by atoms with E-state index < -0.39 is 0 Å². The van der Waals surface area contributed by atoms with Crippen molar-refractivity contribution in [3.63, 3.8) is 0 Å². The summed E-state index contributed by atoms with van der Waals surface area (Å²) in [6.07, 6.45) is 5.72. The molecule has 68 valence electrons. The van der Waals surface area contributed by atoms with Crippen LogP contribution < -0.4 is 0 Å². The number of allylic oxidation sites excluding steroid dienone is 2. The predicted molar refractivity (Wildman–Crippen MR) is 43.4 cm³/mol. The van der Waals surface area contributed by atoms with Crippen molar-refractivity contribution in [2.45, 2.75) is 12.8 Å². The molecule has 0 spiro atoms. The molecule has 0 N–H and O–H groups in total. The van der Waals surface area contributed by atoms with Crippen molar-refractivity contribution >= 4 is 11.9 Å². The molecule has 0 aromatic rings. The van der Waals surface area contributed by atoms with E-state index in [0.717, 1.165) is 6.42 Å². The van der Waals surface area contributed by atoms with Crippen LogP contribution in [0.5, 0.6) is 0 Å². The topological polar surface area (TPSA) is 43.4 Å². The fourth-order valence-corrected chi connectivity index (χ4v) is 2.97. The maximum atomic E-state index is 11.4. The summed E-state index contributed by atoms with van der Waals surface area (Å²) in [5, 5.41) is 0. The molecule has 1 aliphatic heterocycles. The van der Waals surface area contributed by atoms with Crippen LogP contribution in [0.25, 0.3) is 0 Å². The average molecular weight is 178 g/mol. The van der Waals surface area contributed by atoms with Gasteiger partial charge in [-0.25, -0.2) is 0 Å². The zero-order valence-electron chi connectivity index (χ0n) is 7.10. The molecule has 1 saturated heterocycles. The molecule has 2 bridgehead atoms. The lowest BCUT2D eigenvalue weighted by Crippen LogP contribution is -2.37. The molecule has 0 unspecified atom stereocenters. The molecule has 2 fully saturated rings. The zero-order chi connectivity index (χ0) is 9.00. The van der Waals surface area contributed by atoms with Gasteiger partial charge in [0.25, 0.3) is 0 Å².